The SMILES string of the molecule is CCc1ccc(C(=O)C2CC(=O)Nc3c2c(C)nn3-c2ccc(OC)cc2)s1. The molecule has 3 heterocycles. The van der Waals surface area contributed by atoms with Gasteiger partial charge in [0.15, 0.2) is 5.78 Å². The Kier molecular flexibility index (Phi) is 4.77. The summed E-state index contributed by atoms with van der Waals surface area (Å²) in [6.07, 6.45) is 1.03. The van der Waals surface area contributed by atoms with E-state index in [0.29, 0.717) is 10.7 Å². The summed E-state index contributed by atoms with van der Waals surface area (Å²) in [6.45, 7) is 3.94. The highest BCUT2D eigenvalue weighted by molar-refractivity contribution is 7.14. The van der Waals surface area contributed by atoms with Crippen molar-refractivity contribution in [3.05, 3.63) is 57.4 Å². The number of anilines is 1. The highest BCUT2D eigenvalue weighted by Gasteiger charge is 2.36. The smallest absolute Gasteiger partial charge is 0.226 e. The molecule has 3 aromatic rings. The lowest BCUT2D eigenvalue weighted by atomic mass is 9.87. The van der Waals surface area contributed by atoms with Gasteiger partial charge in [-0.2, -0.15) is 5.10 Å². The molecule has 1 aromatic carbocycles. The van der Waals surface area contributed by atoms with E-state index >= 15 is 0 Å². The third kappa shape index (κ3) is 3.11. The number of benzene rings is 1. The average molecular weight is 395 g/mol. The highest BCUT2D eigenvalue weighted by Crippen LogP contribution is 2.39. The monoisotopic (exact) mass is 395 g/mol. The van der Waals surface area contributed by atoms with Gasteiger partial charge in [0.05, 0.1) is 29.3 Å². The Morgan fingerprint density at radius 3 is 2.68 bits per heavy atom. The van der Waals surface area contributed by atoms with Crippen LogP contribution in [0.2, 0.25) is 0 Å². The van der Waals surface area contributed by atoms with Crippen molar-refractivity contribution in [2.24, 2.45) is 0 Å². The first-order valence-corrected chi connectivity index (χ1v) is 10.00. The summed E-state index contributed by atoms with van der Waals surface area (Å²) in [5, 5.41) is 7.52. The number of carbonyl (C=O) groups is 2. The van der Waals surface area contributed by atoms with Gasteiger partial charge in [-0.3, -0.25) is 9.59 Å². The Morgan fingerprint density at radius 2 is 2.04 bits per heavy atom. The summed E-state index contributed by atoms with van der Waals surface area (Å²) in [6, 6.07) is 11.3. The number of aryl methyl sites for hydroxylation is 2. The number of rotatable bonds is 5. The summed E-state index contributed by atoms with van der Waals surface area (Å²) in [5.41, 5.74) is 2.34. The number of amides is 1. The first kappa shape index (κ1) is 18.4. The van der Waals surface area contributed by atoms with Gasteiger partial charge in [0.1, 0.15) is 11.6 Å². The second-order valence-corrected chi connectivity index (χ2v) is 7.91. The fourth-order valence-electron chi connectivity index (χ4n) is 3.55. The normalized spacial score (nSPS) is 15.8. The molecule has 2 aromatic heterocycles. The molecule has 28 heavy (non-hydrogen) atoms. The molecule has 0 saturated heterocycles. The van der Waals surface area contributed by atoms with E-state index in [-0.39, 0.29) is 18.1 Å². The van der Waals surface area contributed by atoms with Gasteiger partial charge < -0.3 is 10.1 Å². The van der Waals surface area contributed by atoms with E-state index in [1.54, 1.807) is 11.8 Å². The van der Waals surface area contributed by atoms with Crippen LogP contribution < -0.4 is 10.1 Å². The molecule has 0 spiro atoms. The van der Waals surface area contributed by atoms with Gasteiger partial charge in [0, 0.05) is 16.9 Å². The van der Waals surface area contributed by atoms with E-state index in [0.717, 1.165) is 34.0 Å². The van der Waals surface area contributed by atoms with Crippen LogP contribution in [-0.2, 0) is 11.2 Å². The molecule has 1 aliphatic rings. The van der Waals surface area contributed by atoms with E-state index < -0.39 is 5.92 Å². The largest absolute Gasteiger partial charge is 0.497 e. The topological polar surface area (TPSA) is 73.2 Å². The highest BCUT2D eigenvalue weighted by atomic mass is 32.1. The van der Waals surface area contributed by atoms with Crippen molar-refractivity contribution in [2.45, 2.75) is 32.6 Å². The molecule has 4 rings (SSSR count). The molecule has 0 saturated carbocycles. The fraction of sp³-hybridized carbons (Fsp3) is 0.286. The van der Waals surface area contributed by atoms with Gasteiger partial charge in [-0.05, 0) is 49.7 Å². The van der Waals surface area contributed by atoms with Crippen molar-refractivity contribution < 1.29 is 14.3 Å². The van der Waals surface area contributed by atoms with Gasteiger partial charge in [-0.15, -0.1) is 11.3 Å². The van der Waals surface area contributed by atoms with Crippen LogP contribution in [0.4, 0.5) is 5.82 Å². The van der Waals surface area contributed by atoms with Crippen molar-refractivity contribution in [3.8, 4) is 11.4 Å². The molecule has 0 fully saturated rings. The van der Waals surface area contributed by atoms with E-state index in [4.69, 9.17) is 4.74 Å². The van der Waals surface area contributed by atoms with Crippen LogP contribution in [0.25, 0.3) is 5.69 Å². The summed E-state index contributed by atoms with van der Waals surface area (Å²) < 4.78 is 6.89. The Balaban J connectivity index is 1.77. The number of nitrogens with zero attached hydrogens (tertiary/aromatic N) is 2. The second kappa shape index (κ2) is 7.24. The first-order valence-electron chi connectivity index (χ1n) is 9.18. The molecule has 1 amide bonds. The van der Waals surface area contributed by atoms with Crippen LogP contribution in [-0.4, -0.2) is 28.6 Å². The Bertz CT molecular complexity index is 1050. The quantitative estimate of drug-likeness (QED) is 0.660. The van der Waals surface area contributed by atoms with Crippen molar-refractivity contribution in [2.75, 3.05) is 12.4 Å². The molecule has 1 atom stereocenters. The molecular weight excluding hydrogens is 374 g/mol. The van der Waals surface area contributed by atoms with Gasteiger partial charge in [-0.1, -0.05) is 6.92 Å². The molecule has 144 valence electrons. The Hall–Kier alpha value is -2.93. The van der Waals surface area contributed by atoms with Crippen LogP contribution in [0.3, 0.4) is 0 Å². The molecule has 1 unspecified atom stereocenters. The number of methoxy groups -OCH3 is 1. The predicted octanol–water partition coefficient (Wildman–Crippen LogP) is 4.12. The van der Waals surface area contributed by atoms with E-state index in [2.05, 4.69) is 17.3 Å². The van der Waals surface area contributed by atoms with Crippen LogP contribution >= 0.6 is 11.3 Å². The zero-order valence-corrected chi connectivity index (χ0v) is 16.8. The zero-order chi connectivity index (χ0) is 19.8. The molecule has 7 heteroatoms. The molecule has 0 aliphatic carbocycles. The second-order valence-electron chi connectivity index (χ2n) is 6.75. The van der Waals surface area contributed by atoms with Crippen LogP contribution in [0.15, 0.2) is 36.4 Å². The number of Topliss-reactive ketones (excluding diaryl/α,β-unsaturated/α-hetero) is 1. The third-order valence-electron chi connectivity index (χ3n) is 4.99. The van der Waals surface area contributed by atoms with Gasteiger partial charge in [-0.25, -0.2) is 4.68 Å². The Morgan fingerprint density at radius 1 is 1.29 bits per heavy atom. The maximum absolute atomic E-state index is 13.2. The number of hydrogen-bond donors (Lipinski definition) is 1. The van der Waals surface area contributed by atoms with E-state index in [1.807, 2.05) is 43.3 Å². The standard InChI is InChI=1S/C21H21N3O3S/c1-4-15-9-10-17(28-15)20(26)16-11-18(25)22-21-19(16)12(2)23-24(21)13-5-7-14(27-3)8-6-13/h5-10,16H,4,11H2,1-3H3,(H,22,25). The molecular formula is C21H21N3O3S. The fourth-order valence-corrected chi connectivity index (χ4v) is 4.50. The van der Waals surface area contributed by atoms with Crippen molar-refractivity contribution in [3.63, 3.8) is 0 Å². The summed E-state index contributed by atoms with van der Waals surface area (Å²) >= 11 is 1.50. The molecule has 1 aliphatic heterocycles. The van der Waals surface area contributed by atoms with Crippen LogP contribution in [0, 0.1) is 6.92 Å². The minimum absolute atomic E-state index is 0.0156. The summed E-state index contributed by atoms with van der Waals surface area (Å²) in [5.74, 6) is 0.609. The number of ketones is 1. The number of ether oxygens (including phenoxy) is 1. The first-order chi connectivity index (χ1) is 13.5. The lowest BCUT2D eigenvalue weighted by molar-refractivity contribution is -0.116. The number of hydrogen-bond acceptors (Lipinski definition) is 5. The number of nitrogens with one attached hydrogen (secondary N) is 1. The predicted molar refractivity (Wildman–Crippen MR) is 109 cm³/mol. The maximum Gasteiger partial charge on any atom is 0.226 e. The number of fused-ring (bicyclic) bond motifs is 1. The van der Waals surface area contributed by atoms with Crippen molar-refractivity contribution >= 4 is 28.8 Å². The van der Waals surface area contributed by atoms with E-state index in [9.17, 15) is 9.59 Å². The number of thiophene rings is 1. The lowest BCUT2D eigenvalue weighted by Crippen LogP contribution is -2.28. The maximum atomic E-state index is 13.2. The molecule has 1 N–H and O–H groups in total. The minimum Gasteiger partial charge on any atom is -0.497 e. The molecule has 0 radical (unpaired) electrons. The zero-order valence-electron chi connectivity index (χ0n) is 16.0. The minimum atomic E-state index is -0.515. The number of carbonyl (C=O) groups excluding carboxylic acids is 2. The van der Waals surface area contributed by atoms with Gasteiger partial charge in [0.2, 0.25) is 5.91 Å². The van der Waals surface area contributed by atoms with Gasteiger partial charge >= 0.3 is 0 Å². The molecule has 0 bridgehead atoms. The van der Waals surface area contributed by atoms with Crippen LogP contribution in [0.1, 0.15) is 45.1 Å². The van der Waals surface area contributed by atoms with Gasteiger partial charge in [0.25, 0.3) is 0 Å². The Labute approximate surface area is 167 Å². The van der Waals surface area contributed by atoms with Crippen molar-refractivity contribution in [1.29, 1.82) is 0 Å². The average Bonchev–Trinajstić information content (AvgIpc) is 3.32. The summed E-state index contributed by atoms with van der Waals surface area (Å²) in [7, 11) is 1.61. The van der Waals surface area contributed by atoms with Crippen molar-refractivity contribution in [1.82, 2.24) is 9.78 Å². The summed E-state index contributed by atoms with van der Waals surface area (Å²) in [4.78, 5) is 27.5. The van der Waals surface area contributed by atoms with Crippen LogP contribution in [0.5, 0.6) is 5.75 Å². The molecule has 6 nitrogen and oxygen atoms in total. The lowest BCUT2D eigenvalue weighted by Gasteiger charge is -2.22. The third-order valence-corrected chi connectivity index (χ3v) is 6.23. The van der Waals surface area contributed by atoms with E-state index in [1.165, 1.54) is 11.3 Å². The number of aromatic nitrogens is 2.